The number of nitrogens with zero attached hydrogens (tertiary/aromatic N) is 1. The largest absolute Gasteiger partial charge is 0.455 e. The third-order valence-corrected chi connectivity index (χ3v) is 2.77. The Morgan fingerprint density at radius 3 is 3.00 bits per heavy atom. The molecule has 0 aromatic carbocycles. The van der Waals surface area contributed by atoms with Gasteiger partial charge in [0.15, 0.2) is 5.76 Å². The number of nitrogens with one attached hydrogen (secondary N) is 1. The van der Waals surface area contributed by atoms with Crippen LogP contribution in [0.3, 0.4) is 0 Å². The first-order chi connectivity index (χ1) is 8.16. The number of hydrogen-bond donors (Lipinski definition) is 1. The number of hydrogen-bond acceptors (Lipinski definition) is 4. The molecule has 1 N–H and O–H groups in total. The average molecular weight is 238 g/mol. The molecular weight excluding hydrogens is 220 g/mol. The number of rotatable bonds is 4. The van der Waals surface area contributed by atoms with Crippen LogP contribution in [0, 0.1) is 0 Å². The second kappa shape index (κ2) is 5.33. The minimum absolute atomic E-state index is 0.111. The topological polar surface area (TPSA) is 54.7 Å². The molecule has 1 aliphatic rings. The predicted molar refractivity (Wildman–Crippen MR) is 62.8 cm³/mol. The van der Waals surface area contributed by atoms with Gasteiger partial charge in [0.1, 0.15) is 5.76 Å². The number of ether oxygens (including phenoxy) is 1. The lowest BCUT2D eigenvalue weighted by atomic mass is 10.2. The van der Waals surface area contributed by atoms with Gasteiger partial charge in [-0.25, -0.2) is 0 Å². The molecule has 1 aliphatic heterocycles. The molecule has 0 saturated carbocycles. The Morgan fingerprint density at radius 1 is 1.53 bits per heavy atom. The highest BCUT2D eigenvalue weighted by molar-refractivity contribution is 5.91. The van der Waals surface area contributed by atoms with E-state index in [1.54, 1.807) is 20.2 Å². The van der Waals surface area contributed by atoms with Gasteiger partial charge in [-0.15, -0.1) is 0 Å². The van der Waals surface area contributed by atoms with Crippen LogP contribution in [-0.4, -0.2) is 44.2 Å². The van der Waals surface area contributed by atoms with Crippen LogP contribution in [0.2, 0.25) is 0 Å². The highest BCUT2D eigenvalue weighted by Crippen LogP contribution is 2.11. The van der Waals surface area contributed by atoms with Crippen molar-refractivity contribution in [1.82, 2.24) is 10.2 Å². The Labute approximate surface area is 101 Å². The van der Waals surface area contributed by atoms with Crippen LogP contribution >= 0.6 is 0 Å². The standard InChI is InChI=1S/C12H18N2O3/c1-14(2)12(15)11-4-3-10(17-11)7-13-9-5-6-16-8-9/h3-4,9,13H,5-8H2,1-2H3. The van der Waals surface area contributed by atoms with E-state index in [1.807, 2.05) is 6.07 Å². The molecule has 1 amide bonds. The summed E-state index contributed by atoms with van der Waals surface area (Å²) in [5.41, 5.74) is 0. The lowest BCUT2D eigenvalue weighted by molar-refractivity contribution is 0.0794. The molecule has 1 atom stereocenters. The smallest absolute Gasteiger partial charge is 0.289 e. The molecule has 2 heterocycles. The highest BCUT2D eigenvalue weighted by Gasteiger charge is 2.16. The molecule has 2 rings (SSSR count). The molecular formula is C12H18N2O3. The van der Waals surface area contributed by atoms with Crippen LogP contribution in [-0.2, 0) is 11.3 Å². The molecule has 1 saturated heterocycles. The summed E-state index contributed by atoms with van der Waals surface area (Å²) < 4.78 is 10.7. The summed E-state index contributed by atoms with van der Waals surface area (Å²) in [6.45, 7) is 2.21. The third-order valence-electron chi connectivity index (χ3n) is 2.77. The predicted octanol–water partition coefficient (Wildman–Crippen LogP) is 0.860. The van der Waals surface area contributed by atoms with Crippen molar-refractivity contribution in [3.05, 3.63) is 23.7 Å². The van der Waals surface area contributed by atoms with Crippen LogP contribution in [0.25, 0.3) is 0 Å². The lowest BCUT2D eigenvalue weighted by Gasteiger charge is -2.09. The number of carbonyl (C=O) groups is 1. The molecule has 1 unspecified atom stereocenters. The van der Waals surface area contributed by atoms with E-state index >= 15 is 0 Å². The fraction of sp³-hybridized carbons (Fsp3) is 0.583. The van der Waals surface area contributed by atoms with Crippen molar-refractivity contribution in [2.75, 3.05) is 27.3 Å². The van der Waals surface area contributed by atoms with Gasteiger partial charge in [-0.1, -0.05) is 0 Å². The second-order valence-electron chi connectivity index (χ2n) is 4.41. The summed E-state index contributed by atoms with van der Waals surface area (Å²) in [5.74, 6) is 1.05. The first-order valence-electron chi connectivity index (χ1n) is 5.78. The van der Waals surface area contributed by atoms with Gasteiger partial charge >= 0.3 is 0 Å². The van der Waals surface area contributed by atoms with Gasteiger partial charge in [0.05, 0.1) is 13.2 Å². The molecule has 0 bridgehead atoms. The molecule has 0 radical (unpaired) electrons. The molecule has 1 fully saturated rings. The van der Waals surface area contributed by atoms with Crippen LogP contribution in [0.1, 0.15) is 22.7 Å². The Bertz CT molecular complexity index is 381. The van der Waals surface area contributed by atoms with Crippen LogP contribution < -0.4 is 5.32 Å². The van der Waals surface area contributed by atoms with Crippen molar-refractivity contribution in [3.8, 4) is 0 Å². The molecule has 17 heavy (non-hydrogen) atoms. The Hall–Kier alpha value is -1.33. The highest BCUT2D eigenvalue weighted by atomic mass is 16.5. The number of amides is 1. The van der Waals surface area contributed by atoms with Gasteiger partial charge in [-0.3, -0.25) is 4.79 Å². The fourth-order valence-corrected chi connectivity index (χ4v) is 1.75. The van der Waals surface area contributed by atoms with Gasteiger partial charge < -0.3 is 19.4 Å². The van der Waals surface area contributed by atoms with Gasteiger partial charge in [-0.05, 0) is 18.6 Å². The van der Waals surface area contributed by atoms with E-state index in [9.17, 15) is 4.79 Å². The number of carbonyl (C=O) groups excluding carboxylic acids is 1. The van der Waals surface area contributed by atoms with Gasteiger partial charge in [0, 0.05) is 26.7 Å². The van der Waals surface area contributed by atoms with Crippen LogP contribution in [0.15, 0.2) is 16.5 Å². The first-order valence-corrected chi connectivity index (χ1v) is 5.78. The van der Waals surface area contributed by atoms with Gasteiger partial charge in [-0.2, -0.15) is 0 Å². The first kappa shape index (κ1) is 12.1. The summed E-state index contributed by atoms with van der Waals surface area (Å²) in [7, 11) is 3.41. The molecule has 1 aromatic heterocycles. The molecule has 0 spiro atoms. The van der Waals surface area contributed by atoms with E-state index in [1.165, 1.54) is 4.90 Å². The Balaban J connectivity index is 1.87. The van der Waals surface area contributed by atoms with Crippen molar-refractivity contribution >= 4 is 5.91 Å². The summed E-state index contributed by atoms with van der Waals surface area (Å²) >= 11 is 0. The van der Waals surface area contributed by atoms with Crippen molar-refractivity contribution in [3.63, 3.8) is 0 Å². The van der Waals surface area contributed by atoms with Gasteiger partial charge in [0.25, 0.3) is 5.91 Å². The average Bonchev–Trinajstić information content (AvgIpc) is 2.96. The Kier molecular flexibility index (Phi) is 3.81. The fourth-order valence-electron chi connectivity index (χ4n) is 1.75. The molecule has 0 aliphatic carbocycles. The van der Waals surface area contributed by atoms with E-state index in [-0.39, 0.29) is 5.91 Å². The summed E-state index contributed by atoms with van der Waals surface area (Å²) in [5, 5.41) is 3.34. The maximum absolute atomic E-state index is 11.6. The van der Waals surface area contributed by atoms with Crippen LogP contribution in [0.4, 0.5) is 0 Å². The molecule has 5 heteroatoms. The monoisotopic (exact) mass is 238 g/mol. The van der Waals surface area contributed by atoms with Gasteiger partial charge in [0.2, 0.25) is 0 Å². The zero-order valence-corrected chi connectivity index (χ0v) is 10.2. The SMILES string of the molecule is CN(C)C(=O)c1ccc(CNC2CCOC2)o1. The third kappa shape index (κ3) is 3.08. The second-order valence-corrected chi connectivity index (χ2v) is 4.41. The quantitative estimate of drug-likeness (QED) is 0.845. The maximum atomic E-state index is 11.6. The Morgan fingerprint density at radius 2 is 2.35 bits per heavy atom. The summed E-state index contributed by atoms with van der Waals surface area (Å²) in [6, 6.07) is 3.94. The van der Waals surface area contributed by atoms with Crippen molar-refractivity contribution in [2.45, 2.75) is 19.0 Å². The normalized spacial score (nSPS) is 19.5. The van der Waals surface area contributed by atoms with Crippen LogP contribution in [0.5, 0.6) is 0 Å². The molecule has 94 valence electrons. The van der Waals surface area contributed by atoms with E-state index in [0.717, 1.165) is 25.4 Å². The summed E-state index contributed by atoms with van der Waals surface area (Å²) in [4.78, 5) is 13.1. The number of furan rings is 1. The van der Waals surface area contributed by atoms with E-state index in [2.05, 4.69) is 5.32 Å². The minimum atomic E-state index is -0.111. The zero-order valence-electron chi connectivity index (χ0n) is 10.2. The lowest BCUT2D eigenvalue weighted by Crippen LogP contribution is -2.28. The zero-order chi connectivity index (χ0) is 12.3. The van der Waals surface area contributed by atoms with E-state index < -0.39 is 0 Å². The van der Waals surface area contributed by atoms with Crippen molar-refractivity contribution < 1.29 is 13.9 Å². The van der Waals surface area contributed by atoms with E-state index in [0.29, 0.717) is 18.3 Å². The van der Waals surface area contributed by atoms with Crippen molar-refractivity contribution in [1.29, 1.82) is 0 Å². The summed E-state index contributed by atoms with van der Waals surface area (Å²) in [6.07, 6.45) is 1.03. The maximum Gasteiger partial charge on any atom is 0.289 e. The van der Waals surface area contributed by atoms with Crippen molar-refractivity contribution in [2.24, 2.45) is 0 Å². The molecule has 1 aromatic rings. The van der Waals surface area contributed by atoms with E-state index in [4.69, 9.17) is 9.15 Å². The molecule has 5 nitrogen and oxygen atoms in total. The minimum Gasteiger partial charge on any atom is -0.455 e.